The first kappa shape index (κ1) is 20.9. The van der Waals surface area contributed by atoms with Crippen molar-refractivity contribution in [3.05, 3.63) is 64.9 Å². The summed E-state index contributed by atoms with van der Waals surface area (Å²) in [6.07, 6.45) is -0.738. The molecule has 10 nitrogen and oxygen atoms in total. The molecule has 0 aliphatic heterocycles. The zero-order valence-electron chi connectivity index (χ0n) is 16.6. The third kappa shape index (κ3) is 4.96. The van der Waals surface area contributed by atoms with Gasteiger partial charge in [0.1, 0.15) is 13.2 Å². The summed E-state index contributed by atoms with van der Waals surface area (Å²) in [6, 6.07) is 16.0. The molecular formula is C20H22N4O6. The fraction of sp³-hybridized carbons (Fsp3) is 0.300. The molecule has 0 radical (unpaired) electrons. The molecule has 1 aliphatic carbocycles. The van der Waals surface area contributed by atoms with E-state index in [-0.39, 0.29) is 17.5 Å². The van der Waals surface area contributed by atoms with Gasteiger partial charge in [-0.1, -0.05) is 48.5 Å². The van der Waals surface area contributed by atoms with Crippen LogP contribution in [0.25, 0.3) is 11.1 Å². The average Bonchev–Trinajstić information content (AvgIpc) is 3.07. The summed E-state index contributed by atoms with van der Waals surface area (Å²) in [5, 5.41) is 17.6. The van der Waals surface area contributed by atoms with Crippen LogP contribution >= 0.6 is 0 Å². The largest absolute Gasteiger partial charge is 0.569 e. The lowest BCUT2D eigenvalue weighted by Crippen LogP contribution is -2.32. The second kappa shape index (κ2) is 9.59. The van der Waals surface area contributed by atoms with Gasteiger partial charge in [-0.15, -0.1) is 0 Å². The number of fused-ring (bicyclic) bond motifs is 3. The van der Waals surface area contributed by atoms with Gasteiger partial charge in [0.15, 0.2) is 0 Å². The van der Waals surface area contributed by atoms with Crippen molar-refractivity contribution in [2.24, 2.45) is 5.28 Å². The van der Waals surface area contributed by atoms with E-state index in [1.54, 1.807) is 0 Å². The maximum Gasteiger partial charge on any atom is 0.407 e. The second-order valence-electron chi connectivity index (χ2n) is 6.62. The van der Waals surface area contributed by atoms with Gasteiger partial charge >= 0.3 is 12.1 Å². The van der Waals surface area contributed by atoms with Crippen LogP contribution in [-0.4, -0.2) is 56.1 Å². The van der Waals surface area contributed by atoms with E-state index in [9.17, 15) is 14.8 Å². The van der Waals surface area contributed by atoms with Gasteiger partial charge in [-0.2, -0.15) is 5.01 Å². The van der Waals surface area contributed by atoms with Gasteiger partial charge in [-0.25, -0.2) is 4.79 Å². The highest BCUT2D eigenvalue weighted by Gasteiger charge is 2.29. The Hall–Kier alpha value is -3.82. The van der Waals surface area contributed by atoms with Gasteiger partial charge in [-0.05, 0) is 22.3 Å². The third-order valence-corrected chi connectivity index (χ3v) is 4.46. The van der Waals surface area contributed by atoms with E-state index in [4.69, 9.17) is 4.74 Å². The van der Waals surface area contributed by atoms with Crippen molar-refractivity contribution < 1.29 is 28.9 Å². The second-order valence-corrected chi connectivity index (χ2v) is 6.62. The van der Waals surface area contributed by atoms with E-state index >= 15 is 0 Å². The molecule has 10 heteroatoms. The molecule has 2 aromatic carbocycles. The molecule has 0 bridgehead atoms. The smallest absolute Gasteiger partial charge is 0.407 e. The molecular weight excluding hydrogens is 392 g/mol. The third-order valence-electron chi connectivity index (χ3n) is 4.46. The Morgan fingerprint density at radius 1 is 1.07 bits per heavy atom. The number of hydrogen-bond acceptors (Lipinski definition) is 7. The Kier molecular flexibility index (Phi) is 6.68. The summed E-state index contributed by atoms with van der Waals surface area (Å²) in [5.41, 5.74) is 4.44. The fourth-order valence-electron chi connectivity index (χ4n) is 3.08. The topological polar surface area (TPSA) is 116 Å². The first-order valence-electron chi connectivity index (χ1n) is 9.19. The number of benzene rings is 2. The predicted octanol–water partition coefficient (Wildman–Crippen LogP) is 2.40. The number of alkyl carbamates (subject to hydrolysis) is 1. The molecule has 0 spiro atoms. The molecule has 1 N–H and O–H groups in total. The summed E-state index contributed by atoms with van der Waals surface area (Å²) < 4.78 is 10.00. The summed E-state index contributed by atoms with van der Waals surface area (Å²) in [6.45, 7) is -0.826. The van der Waals surface area contributed by atoms with Crippen LogP contribution in [-0.2, 0) is 19.1 Å². The lowest BCUT2D eigenvalue weighted by molar-refractivity contribution is -0.700. The van der Waals surface area contributed by atoms with Gasteiger partial charge in [0.25, 0.3) is 6.79 Å². The monoisotopic (exact) mass is 414 g/mol. The normalized spacial score (nSPS) is 12.5. The molecule has 0 saturated heterocycles. The van der Waals surface area contributed by atoms with Crippen LogP contribution < -0.4 is 5.32 Å². The van der Waals surface area contributed by atoms with Gasteiger partial charge in [-0.3, -0.25) is 4.79 Å². The molecule has 1 aliphatic rings. The maximum atomic E-state index is 12.0. The van der Waals surface area contributed by atoms with Crippen molar-refractivity contribution in [1.82, 2.24) is 10.3 Å². The Morgan fingerprint density at radius 2 is 1.67 bits per heavy atom. The number of nitrogens with zero attached hydrogens (tertiary/aromatic N) is 3. The van der Waals surface area contributed by atoms with Crippen LogP contribution in [0.3, 0.4) is 0 Å². The van der Waals surface area contributed by atoms with Crippen molar-refractivity contribution in [3.63, 3.8) is 0 Å². The van der Waals surface area contributed by atoms with E-state index < -0.39 is 25.4 Å². The molecule has 0 unspecified atom stereocenters. The van der Waals surface area contributed by atoms with Crippen LogP contribution in [0.1, 0.15) is 17.0 Å². The summed E-state index contributed by atoms with van der Waals surface area (Å²) in [7, 11) is 2.92. The Morgan fingerprint density at radius 3 is 2.27 bits per heavy atom. The SMILES string of the molecule is CN(C)[N+]([O-])=NOCOC(=O)CNC(=O)OCC1c2ccccc2-c2ccccc21. The molecule has 158 valence electrons. The highest BCUT2D eigenvalue weighted by Crippen LogP contribution is 2.44. The van der Waals surface area contributed by atoms with Crippen LogP contribution in [0.15, 0.2) is 53.8 Å². The van der Waals surface area contributed by atoms with Gasteiger partial charge in [0.05, 0.1) is 19.1 Å². The number of hydrogen-bond donors (Lipinski definition) is 1. The number of carbonyl (C=O) groups excluding carboxylic acids is 2. The van der Waals surface area contributed by atoms with Crippen molar-refractivity contribution in [2.45, 2.75) is 5.92 Å². The van der Waals surface area contributed by atoms with Gasteiger partial charge in [0, 0.05) is 5.92 Å². The molecule has 30 heavy (non-hydrogen) atoms. The number of carbonyl (C=O) groups is 2. The molecule has 3 rings (SSSR count). The summed E-state index contributed by atoms with van der Waals surface area (Å²) in [4.78, 5) is 28.3. The van der Waals surface area contributed by atoms with E-state index in [1.165, 1.54) is 14.1 Å². The highest BCUT2D eigenvalue weighted by molar-refractivity contribution is 5.80. The molecule has 1 amide bonds. The number of amides is 1. The quantitative estimate of drug-likeness (QED) is 0.176. The first-order valence-corrected chi connectivity index (χ1v) is 9.19. The van der Waals surface area contributed by atoms with E-state index in [0.717, 1.165) is 27.3 Å². The molecule has 0 saturated carbocycles. The van der Waals surface area contributed by atoms with E-state index in [2.05, 4.69) is 20.2 Å². The molecule has 0 heterocycles. The van der Waals surface area contributed by atoms with E-state index in [1.807, 2.05) is 48.5 Å². The zero-order chi connectivity index (χ0) is 21.5. The fourth-order valence-corrected chi connectivity index (χ4v) is 3.08. The lowest BCUT2D eigenvalue weighted by atomic mass is 9.98. The Labute approximate surface area is 173 Å². The van der Waals surface area contributed by atoms with Crippen molar-refractivity contribution in [3.8, 4) is 11.1 Å². The van der Waals surface area contributed by atoms with E-state index in [0.29, 0.717) is 0 Å². The number of nitrogens with one attached hydrogen (secondary N) is 1. The Balaban J connectivity index is 1.44. The first-order chi connectivity index (χ1) is 14.5. The highest BCUT2D eigenvalue weighted by atomic mass is 16.8. The van der Waals surface area contributed by atoms with Crippen LogP contribution in [0.4, 0.5) is 4.79 Å². The summed E-state index contributed by atoms with van der Waals surface area (Å²) in [5.74, 6) is -0.835. The minimum absolute atomic E-state index is 0.0724. The van der Waals surface area contributed by atoms with Crippen LogP contribution in [0.2, 0.25) is 0 Å². The van der Waals surface area contributed by atoms with Gasteiger partial charge < -0.3 is 24.8 Å². The predicted molar refractivity (Wildman–Crippen MR) is 105 cm³/mol. The average molecular weight is 414 g/mol. The zero-order valence-corrected chi connectivity index (χ0v) is 16.6. The number of rotatable bonds is 8. The minimum atomic E-state index is -0.763. The van der Waals surface area contributed by atoms with Crippen LogP contribution in [0, 0.1) is 5.21 Å². The molecule has 0 atom stereocenters. The van der Waals surface area contributed by atoms with Crippen molar-refractivity contribution in [1.29, 1.82) is 0 Å². The minimum Gasteiger partial charge on any atom is -0.569 e. The molecule has 0 fully saturated rings. The molecule has 2 aromatic rings. The summed E-state index contributed by atoms with van der Waals surface area (Å²) >= 11 is 0. The van der Waals surface area contributed by atoms with Gasteiger partial charge in [0.2, 0.25) is 5.28 Å². The number of hydrazine groups is 1. The number of esters is 1. The van der Waals surface area contributed by atoms with Crippen molar-refractivity contribution >= 4 is 12.1 Å². The Bertz CT molecular complexity index is 901. The van der Waals surface area contributed by atoms with Crippen molar-refractivity contribution in [2.75, 3.05) is 34.0 Å². The van der Waals surface area contributed by atoms with Crippen LogP contribution in [0.5, 0.6) is 0 Å². The molecule has 0 aromatic heterocycles. The maximum absolute atomic E-state index is 12.0. The standard InChI is InChI=1S/C20H22N4O6/c1-23(2)24(27)22-30-13-29-19(25)11-21-20(26)28-12-18-16-9-5-3-7-14(16)15-8-4-6-10-17(15)18/h3-10,18H,11-13H2,1-2H3,(H,21,26). The number of ether oxygens (including phenoxy) is 2. The lowest BCUT2D eigenvalue weighted by Gasteiger charge is -2.14.